The van der Waals surface area contributed by atoms with E-state index in [1.54, 1.807) is 19.2 Å². The number of aromatic nitrogens is 1. The van der Waals surface area contributed by atoms with Crippen molar-refractivity contribution in [3.8, 4) is 5.75 Å². The first kappa shape index (κ1) is 23.9. The number of rotatable bonds is 9. The summed E-state index contributed by atoms with van der Waals surface area (Å²) in [5.41, 5.74) is 5.12. The number of hydrogen-bond donors (Lipinski definition) is 1. The normalized spacial score (nSPS) is 16.5. The first-order chi connectivity index (χ1) is 16.5. The van der Waals surface area contributed by atoms with Gasteiger partial charge in [0.1, 0.15) is 5.75 Å². The number of nitrogens with one attached hydrogen (secondary N) is 1. The molecule has 6 nitrogen and oxygen atoms in total. The van der Waals surface area contributed by atoms with Crippen molar-refractivity contribution in [2.24, 2.45) is 5.92 Å². The van der Waals surface area contributed by atoms with Crippen LogP contribution in [0.25, 0.3) is 10.9 Å². The molecule has 1 aromatic heterocycles. The lowest BCUT2D eigenvalue weighted by Gasteiger charge is -2.21. The molecule has 0 aliphatic carbocycles. The lowest BCUT2D eigenvalue weighted by Crippen LogP contribution is -2.23. The van der Waals surface area contributed by atoms with Crippen molar-refractivity contribution in [1.82, 2.24) is 9.88 Å². The molecule has 1 amide bonds. The smallest absolute Gasteiger partial charge is 0.337 e. The van der Waals surface area contributed by atoms with E-state index in [4.69, 9.17) is 9.47 Å². The third kappa shape index (κ3) is 4.54. The molecular weight excluding hydrogens is 428 g/mol. The fraction of sp³-hybridized carbons (Fsp3) is 0.429. The number of ether oxygens (including phenoxy) is 2. The van der Waals surface area contributed by atoms with Gasteiger partial charge in [-0.25, -0.2) is 4.79 Å². The molecule has 2 aromatic carbocycles. The van der Waals surface area contributed by atoms with Crippen molar-refractivity contribution in [3.63, 3.8) is 0 Å². The zero-order chi connectivity index (χ0) is 24.2. The van der Waals surface area contributed by atoms with E-state index in [1.165, 1.54) is 29.1 Å². The van der Waals surface area contributed by atoms with Crippen LogP contribution >= 0.6 is 0 Å². The monoisotopic (exact) mass is 462 g/mol. The maximum atomic E-state index is 12.4. The van der Waals surface area contributed by atoms with E-state index in [0.717, 1.165) is 37.9 Å². The number of fused-ring (bicyclic) bond motifs is 1. The van der Waals surface area contributed by atoms with E-state index in [0.29, 0.717) is 17.7 Å². The molecule has 6 heteroatoms. The third-order valence-electron chi connectivity index (χ3n) is 6.99. The fourth-order valence-corrected chi connectivity index (χ4v) is 5.28. The van der Waals surface area contributed by atoms with Crippen LogP contribution in [0.15, 0.2) is 42.6 Å². The van der Waals surface area contributed by atoms with E-state index in [2.05, 4.69) is 48.1 Å². The molecule has 0 radical (unpaired) electrons. The summed E-state index contributed by atoms with van der Waals surface area (Å²) in [5.74, 6) is 0.712. The van der Waals surface area contributed by atoms with Crippen LogP contribution < -0.4 is 10.1 Å². The molecule has 1 aliphatic heterocycles. The summed E-state index contributed by atoms with van der Waals surface area (Å²) >= 11 is 0. The molecule has 34 heavy (non-hydrogen) atoms. The van der Waals surface area contributed by atoms with E-state index < -0.39 is 0 Å². The summed E-state index contributed by atoms with van der Waals surface area (Å²) in [6.07, 6.45) is 5.78. The topological polar surface area (TPSA) is 69.6 Å². The Labute approximate surface area is 201 Å². The van der Waals surface area contributed by atoms with Gasteiger partial charge in [0.25, 0.3) is 0 Å². The third-order valence-corrected chi connectivity index (χ3v) is 6.99. The van der Waals surface area contributed by atoms with Crippen LogP contribution in [-0.4, -0.2) is 37.2 Å². The fourth-order valence-electron chi connectivity index (χ4n) is 5.28. The summed E-state index contributed by atoms with van der Waals surface area (Å²) < 4.78 is 12.8. The minimum absolute atomic E-state index is 0.0367. The molecule has 0 bridgehead atoms. The van der Waals surface area contributed by atoms with Crippen molar-refractivity contribution in [2.45, 2.75) is 52.0 Å². The van der Waals surface area contributed by atoms with E-state index >= 15 is 0 Å². The van der Waals surface area contributed by atoms with Crippen molar-refractivity contribution in [1.29, 1.82) is 0 Å². The summed E-state index contributed by atoms with van der Waals surface area (Å²) in [5, 5.41) is 4.21. The maximum Gasteiger partial charge on any atom is 0.337 e. The second-order valence-corrected chi connectivity index (χ2v) is 9.02. The molecule has 180 valence electrons. The zero-order valence-corrected chi connectivity index (χ0v) is 20.5. The Morgan fingerprint density at radius 2 is 1.97 bits per heavy atom. The minimum Gasteiger partial charge on any atom is -0.496 e. The van der Waals surface area contributed by atoms with Crippen molar-refractivity contribution < 1.29 is 19.1 Å². The Morgan fingerprint density at radius 1 is 1.15 bits per heavy atom. The largest absolute Gasteiger partial charge is 0.496 e. The number of benzene rings is 2. The molecule has 2 unspecified atom stereocenters. The van der Waals surface area contributed by atoms with Crippen LogP contribution in [0.1, 0.15) is 66.1 Å². The van der Waals surface area contributed by atoms with Crippen LogP contribution in [0, 0.1) is 5.92 Å². The Balaban J connectivity index is 1.75. The van der Waals surface area contributed by atoms with Gasteiger partial charge >= 0.3 is 5.97 Å². The standard InChI is InChI=1S/C28H34N2O4/c1-5-13-30-17-21(14-19-7-8-20(28(32)34-4)16-26(19)33-3)24-15-18(9-10-25(24)30)22(6-2)23-11-12-29-27(23)31/h7-10,15-17,22-23H,5-6,11-14H2,1-4H3,(H,29,31). The Kier molecular flexibility index (Phi) is 7.25. The molecule has 2 atom stereocenters. The van der Waals surface area contributed by atoms with Gasteiger partial charge in [0.2, 0.25) is 5.91 Å². The predicted octanol–water partition coefficient (Wildman–Crippen LogP) is 5.07. The molecule has 1 N–H and O–H groups in total. The van der Waals surface area contributed by atoms with Crippen LogP contribution in [0.5, 0.6) is 5.75 Å². The van der Waals surface area contributed by atoms with Gasteiger partial charge in [0.05, 0.1) is 19.8 Å². The highest BCUT2D eigenvalue weighted by Gasteiger charge is 2.32. The predicted molar refractivity (Wildman–Crippen MR) is 134 cm³/mol. The van der Waals surface area contributed by atoms with Gasteiger partial charge in [0, 0.05) is 42.5 Å². The molecular formula is C28H34N2O4. The van der Waals surface area contributed by atoms with Gasteiger partial charge in [-0.2, -0.15) is 0 Å². The van der Waals surface area contributed by atoms with Crippen molar-refractivity contribution >= 4 is 22.8 Å². The number of nitrogens with zero attached hydrogens (tertiary/aromatic N) is 1. The number of carbonyl (C=O) groups excluding carboxylic acids is 2. The van der Waals surface area contributed by atoms with Gasteiger partial charge in [-0.05, 0) is 66.1 Å². The van der Waals surface area contributed by atoms with Gasteiger partial charge < -0.3 is 19.4 Å². The summed E-state index contributed by atoms with van der Waals surface area (Å²) in [6, 6.07) is 12.2. The molecule has 1 fully saturated rings. The highest BCUT2D eigenvalue weighted by Crippen LogP contribution is 2.36. The number of carbonyl (C=O) groups is 2. The quantitative estimate of drug-likeness (QED) is 0.451. The summed E-state index contributed by atoms with van der Waals surface area (Å²) in [6.45, 7) is 6.05. The van der Waals surface area contributed by atoms with Crippen LogP contribution in [-0.2, 0) is 22.5 Å². The van der Waals surface area contributed by atoms with Crippen molar-refractivity contribution in [2.75, 3.05) is 20.8 Å². The molecule has 4 rings (SSSR count). The van der Waals surface area contributed by atoms with Crippen LogP contribution in [0.2, 0.25) is 0 Å². The lowest BCUT2D eigenvalue weighted by molar-refractivity contribution is -0.123. The first-order valence-electron chi connectivity index (χ1n) is 12.1. The number of aryl methyl sites for hydroxylation is 1. The second-order valence-electron chi connectivity index (χ2n) is 9.02. The number of hydrogen-bond acceptors (Lipinski definition) is 4. The Hall–Kier alpha value is -3.28. The van der Waals surface area contributed by atoms with Crippen molar-refractivity contribution in [3.05, 3.63) is 64.8 Å². The van der Waals surface area contributed by atoms with E-state index in [-0.39, 0.29) is 23.7 Å². The van der Waals surface area contributed by atoms with E-state index in [9.17, 15) is 9.59 Å². The Bertz CT molecular complexity index is 1200. The SMILES string of the molecule is CCCn1cc(Cc2ccc(C(=O)OC)cc2OC)c2cc(C(CC)C3CCNC3=O)ccc21. The lowest BCUT2D eigenvalue weighted by atomic mass is 9.82. The van der Waals surface area contributed by atoms with Gasteiger partial charge in [-0.3, -0.25) is 4.79 Å². The molecule has 0 spiro atoms. The van der Waals surface area contributed by atoms with E-state index in [1.807, 2.05) is 6.07 Å². The molecule has 1 saturated heterocycles. The Morgan fingerprint density at radius 3 is 2.62 bits per heavy atom. The van der Waals surface area contributed by atoms with Gasteiger partial charge in [-0.1, -0.05) is 26.0 Å². The minimum atomic E-state index is -0.379. The molecule has 2 heterocycles. The number of amides is 1. The first-order valence-corrected chi connectivity index (χ1v) is 12.1. The zero-order valence-electron chi connectivity index (χ0n) is 20.5. The van der Waals surface area contributed by atoms with Gasteiger partial charge in [0.15, 0.2) is 0 Å². The second kappa shape index (κ2) is 10.3. The molecule has 0 saturated carbocycles. The number of methoxy groups -OCH3 is 2. The summed E-state index contributed by atoms with van der Waals surface area (Å²) in [7, 11) is 3.00. The average Bonchev–Trinajstić information content (AvgIpc) is 3.43. The molecule has 1 aliphatic rings. The van der Waals surface area contributed by atoms with Crippen LogP contribution in [0.3, 0.4) is 0 Å². The van der Waals surface area contributed by atoms with Gasteiger partial charge in [-0.15, -0.1) is 0 Å². The highest BCUT2D eigenvalue weighted by molar-refractivity contribution is 5.90. The average molecular weight is 463 g/mol. The summed E-state index contributed by atoms with van der Waals surface area (Å²) in [4.78, 5) is 24.4. The van der Waals surface area contributed by atoms with Crippen LogP contribution in [0.4, 0.5) is 0 Å². The molecule has 3 aromatic rings. The highest BCUT2D eigenvalue weighted by atomic mass is 16.5. The maximum absolute atomic E-state index is 12.4. The number of esters is 1.